The quantitative estimate of drug-likeness (QED) is 0.610. The lowest BCUT2D eigenvalue weighted by Gasteiger charge is -2.37. The molecule has 7 nitrogen and oxygen atoms in total. The van der Waals surface area contributed by atoms with Crippen molar-refractivity contribution in [3.8, 4) is 0 Å². The molecule has 2 saturated heterocycles. The monoisotopic (exact) mass is 406 g/mol. The van der Waals surface area contributed by atoms with Crippen molar-refractivity contribution in [1.82, 2.24) is 15.1 Å². The van der Waals surface area contributed by atoms with Crippen molar-refractivity contribution in [3.63, 3.8) is 0 Å². The summed E-state index contributed by atoms with van der Waals surface area (Å²) in [5, 5.41) is 2.86. The highest BCUT2D eigenvalue weighted by molar-refractivity contribution is 6.07. The molecule has 0 radical (unpaired) electrons. The highest BCUT2D eigenvalue weighted by Gasteiger charge is 2.49. The minimum absolute atomic E-state index is 0.0578. The molecule has 4 rings (SSSR count). The van der Waals surface area contributed by atoms with Gasteiger partial charge >= 0.3 is 6.03 Å². The maximum atomic E-state index is 13.1. The lowest BCUT2D eigenvalue weighted by Crippen LogP contribution is -2.51. The molecule has 30 heavy (non-hydrogen) atoms. The Labute approximate surface area is 176 Å². The third-order valence-corrected chi connectivity index (χ3v) is 5.98. The normalized spacial score (nSPS) is 22.3. The molecule has 1 atom stereocenters. The van der Waals surface area contributed by atoms with Crippen LogP contribution in [0, 0.1) is 0 Å². The van der Waals surface area contributed by atoms with Crippen LogP contribution in [0.3, 0.4) is 0 Å². The molecule has 2 fully saturated rings. The zero-order valence-electron chi connectivity index (χ0n) is 17.3. The van der Waals surface area contributed by atoms with E-state index >= 15 is 0 Å². The van der Waals surface area contributed by atoms with E-state index in [2.05, 4.69) is 15.1 Å². The average molecular weight is 406 g/mol. The molecule has 2 aliphatic heterocycles. The Morgan fingerprint density at radius 2 is 1.60 bits per heavy atom. The number of carbonyl (C=O) groups excluding carboxylic acids is 3. The predicted molar refractivity (Wildman–Crippen MR) is 114 cm³/mol. The van der Waals surface area contributed by atoms with E-state index in [4.69, 9.17) is 0 Å². The van der Waals surface area contributed by atoms with Crippen LogP contribution in [0.15, 0.2) is 54.6 Å². The minimum Gasteiger partial charge on any atom is -0.369 e. The molecule has 2 aliphatic rings. The summed E-state index contributed by atoms with van der Waals surface area (Å²) in [6.07, 6.45) is 0. The van der Waals surface area contributed by atoms with Crippen LogP contribution in [-0.2, 0) is 10.3 Å². The van der Waals surface area contributed by atoms with Crippen LogP contribution in [0.4, 0.5) is 10.5 Å². The zero-order valence-corrected chi connectivity index (χ0v) is 17.3. The van der Waals surface area contributed by atoms with E-state index in [0.29, 0.717) is 5.56 Å². The van der Waals surface area contributed by atoms with Gasteiger partial charge in [0, 0.05) is 37.4 Å². The van der Waals surface area contributed by atoms with Gasteiger partial charge in [0.15, 0.2) is 5.78 Å². The number of benzene rings is 2. The fourth-order valence-electron chi connectivity index (χ4n) is 4.05. The first kappa shape index (κ1) is 20.1. The van der Waals surface area contributed by atoms with E-state index in [1.54, 1.807) is 13.8 Å². The van der Waals surface area contributed by atoms with Crippen molar-refractivity contribution < 1.29 is 14.4 Å². The van der Waals surface area contributed by atoms with E-state index in [-0.39, 0.29) is 24.4 Å². The number of carbonyl (C=O) groups is 3. The maximum Gasteiger partial charge on any atom is 0.326 e. The topological polar surface area (TPSA) is 73.0 Å². The summed E-state index contributed by atoms with van der Waals surface area (Å²) in [6, 6.07) is 16.6. The van der Waals surface area contributed by atoms with Crippen molar-refractivity contribution >= 4 is 23.4 Å². The first-order valence-electron chi connectivity index (χ1n) is 10.2. The number of nitrogens with one attached hydrogen (secondary N) is 1. The number of urea groups is 1. The average Bonchev–Trinajstić information content (AvgIpc) is 2.99. The Morgan fingerprint density at radius 1 is 0.967 bits per heavy atom. The van der Waals surface area contributed by atoms with Gasteiger partial charge in [-0.3, -0.25) is 14.5 Å². The smallest absolute Gasteiger partial charge is 0.326 e. The van der Waals surface area contributed by atoms with E-state index in [9.17, 15) is 14.4 Å². The number of amides is 3. The number of rotatable bonds is 5. The molecule has 3 amide bonds. The lowest BCUT2D eigenvalue weighted by atomic mass is 9.92. The first-order chi connectivity index (χ1) is 14.4. The number of anilines is 1. The largest absolute Gasteiger partial charge is 0.369 e. The van der Waals surface area contributed by atoms with Crippen LogP contribution in [0.5, 0.6) is 0 Å². The summed E-state index contributed by atoms with van der Waals surface area (Å²) in [5.74, 6) is -0.164. The van der Waals surface area contributed by atoms with Crippen LogP contribution in [0.25, 0.3) is 0 Å². The van der Waals surface area contributed by atoms with E-state index in [1.165, 1.54) is 4.90 Å². The molecule has 0 unspecified atom stereocenters. The zero-order chi connectivity index (χ0) is 21.3. The standard InChI is InChI=1S/C23H26N4O3/c1-17(28)18-8-10-20(11-9-18)26-14-12-25(13-15-26)16-27-21(29)23(2,24-22(27)30)19-6-4-3-5-7-19/h3-11H,12-16H2,1-2H3,(H,24,30)/t23-/m0/s1. The first-order valence-corrected chi connectivity index (χ1v) is 10.2. The molecule has 0 bridgehead atoms. The molecule has 0 aliphatic carbocycles. The summed E-state index contributed by atoms with van der Waals surface area (Å²) < 4.78 is 0. The maximum absolute atomic E-state index is 13.1. The minimum atomic E-state index is -1.03. The second-order valence-corrected chi connectivity index (χ2v) is 8.00. The molecule has 1 N–H and O–H groups in total. The van der Waals surface area contributed by atoms with E-state index < -0.39 is 5.54 Å². The second kappa shape index (κ2) is 7.91. The molecule has 0 saturated carbocycles. The summed E-state index contributed by atoms with van der Waals surface area (Å²) in [4.78, 5) is 42.7. The van der Waals surface area contributed by atoms with Crippen molar-refractivity contribution in [2.75, 3.05) is 37.7 Å². The summed E-state index contributed by atoms with van der Waals surface area (Å²) >= 11 is 0. The van der Waals surface area contributed by atoms with Gasteiger partial charge in [0.25, 0.3) is 5.91 Å². The second-order valence-electron chi connectivity index (χ2n) is 8.00. The number of hydrogen-bond donors (Lipinski definition) is 1. The third-order valence-electron chi connectivity index (χ3n) is 5.98. The van der Waals surface area contributed by atoms with Crippen LogP contribution in [-0.4, -0.2) is 60.4 Å². The molecule has 2 aromatic carbocycles. The van der Waals surface area contributed by atoms with Gasteiger partial charge in [0.1, 0.15) is 5.54 Å². The van der Waals surface area contributed by atoms with Crippen LogP contribution in [0.1, 0.15) is 29.8 Å². The number of Topliss-reactive ketones (excluding diaryl/α,β-unsaturated/α-hetero) is 1. The Bertz CT molecular complexity index is 952. The van der Waals surface area contributed by atoms with Crippen molar-refractivity contribution in [1.29, 1.82) is 0 Å². The van der Waals surface area contributed by atoms with Crippen LogP contribution < -0.4 is 10.2 Å². The summed E-state index contributed by atoms with van der Waals surface area (Å²) in [6.45, 7) is 6.67. The summed E-state index contributed by atoms with van der Waals surface area (Å²) in [5.41, 5.74) is 1.53. The van der Waals surface area contributed by atoms with Gasteiger partial charge in [-0.15, -0.1) is 0 Å². The fraction of sp³-hybridized carbons (Fsp3) is 0.348. The van der Waals surface area contributed by atoms with Crippen molar-refractivity contribution in [2.24, 2.45) is 0 Å². The van der Waals surface area contributed by atoms with Gasteiger partial charge in [0.2, 0.25) is 0 Å². The Kier molecular flexibility index (Phi) is 5.30. The molecule has 156 valence electrons. The van der Waals surface area contributed by atoms with Gasteiger partial charge in [-0.05, 0) is 43.7 Å². The van der Waals surface area contributed by atoms with Gasteiger partial charge in [-0.25, -0.2) is 9.69 Å². The number of ketones is 1. The number of piperazine rings is 1. The molecule has 2 aromatic rings. The van der Waals surface area contributed by atoms with Gasteiger partial charge in [0.05, 0.1) is 6.67 Å². The SMILES string of the molecule is CC(=O)c1ccc(N2CCN(CN3C(=O)N[C@@](C)(c4ccccc4)C3=O)CC2)cc1. The molecule has 2 heterocycles. The molecule has 0 aromatic heterocycles. The molecular formula is C23H26N4O3. The highest BCUT2D eigenvalue weighted by Crippen LogP contribution is 2.29. The fourth-order valence-corrected chi connectivity index (χ4v) is 4.05. The number of nitrogens with zero attached hydrogens (tertiary/aromatic N) is 3. The number of hydrogen-bond acceptors (Lipinski definition) is 5. The van der Waals surface area contributed by atoms with Crippen LogP contribution in [0.2, 0.25) is 0 Å². The molecular weight excluding hydrogens is 380 g/mol. The molecule has 7 heteroatoms. The van der Waals surface area contributed by atoms with Gasteiger partial charge in [-0.2, -0.15) is 0 Å². The van der Waals surface area contributed by atoms with Crippen LogP contribution >= 0.6 is 0 Å². The Balaban J connectivity index is 1.37. The van der Waals surface area contributed by atoms with Gasteiger partial charge in [-0.1, -0.05) is 30.3 Å². The van der Waals surface area contributed by atoms with E-state index in [1.807, 2.05) is 54.6 Å². The van der Waals surface area contributed by atoms with Gasteiger partial charge < -0.3 is 10.2 Å². The lowest BCUT2D eigenvalue weighted by molar-refractivity contribution is -0.132. The Morgan fingerprint density at radius 3 is 2.20 bits per heavy atom. The predicted octanol–water partition coefficient (Wildman–Crippen LogP) is 2.44. The molecule has 0 spiro atoms. The third kappa shape index (κ3) is 3.68. The van der Waals surface area contributed by atoms with Crippen molar-refractivity contribution in [3.05, 3.63) is 65.7 Å². The number of imide groups is 1. The highest BCUT2D eigenvalue weighted by atomic mass is 16.2. The summed E-state index contributed by atoms with van der Waals surface area (Å²) in [7, 11) is 0. The van der Waals surface area contributed by atoms with E-state index in [0.717, 1.165) is 37.4 Å². The Hall–Kier alpha value is -3.19. The van der Waals surface area contributed by atoms with Crippen molar-refractivity contribution in [2.45, 2.75) is 19.4 Å².